The summed E-state index contributed by atoms with van der Waals surface area (Å²) in [4.78, 5) is 29.0. The molecule has 0 aliphatic carbocycles. The second kappa shape index (κ2) is 6.12. The van der Waals surface area contributed by atoms with Crippen molar-refractivity contribution >= 4 is 33.7 Å². The summed E-state index contributed by atoms with van der Waals surface area (Å²) < 4.78 is 9.88. The number of aromatic nitrogens is 1. The zero-order valence-electron chi connectivity index (χ0n) is 11.4. The Morgan fingerprint density at radius 3 is 2.95 bits per heavy atom. The average molecular weight is 334 g/mol. The van der Waals surface area contributed by atoms with Crippen LogP contribution in [0.15, 0.2) is 44.4 Å². The van der Waals surface area contributed by atoms with Crippen LogP contribution >= 0.6 is 22.7 Å². The maximum atomic E-state index is 12.0. The molecule has 22 heavy (non-hydrogen) atoms. The Labute approximate surface area is 133 Å². The third-order valence-corrected chi connectivity index (χ3v) is 4.39. The smallest absolute Gasteiger partial charge is 0.293 e. The van der Waals surface area contributed by atoms with Crippen LogP contribution in [-0.2, 0) is 0 Å². The van der Waals surface area contributed by atoms with Gasteiger partial charge in [0.1, 0.15) is 6.26 Å². The Morgan fingerprint density at radius 1 is 1.41 bits per heavy atom. The van der Waals surface area contributed by atoms with Gasteiger partial charge in [0.05, 0.1) is 17.7 Å². The fourth-order valence-electron chi connectivity index (χ4n) is 1.69. The molecule has 8 heteroatoms. The Balaban J connectivity index is 1.77. The molecule has 0 spiro atoms. The van der Waals surface area contributed by atoms with Crippen molar-refractivity contribution in [1.82, 2.24) is 4.98 Å². The van der Waals surface area contributed by atoms with Crippen LogP contribution in [0.1, 0.15) is 10.6 Å². The second-order valence-electron chi connectivity index (χ2n) is 4.15. The van der Waals surface area contributed by atoms with Crippen molar-refractivity contribution in [3.05, 3.63) is 51.2 Å². The minimum Gasteiger partial charge on any atom is -0.490 e. The molecule has 0 radical (unpaired) electrons. The molecule has 1 amide bonds. The first kappa shape index (κ1) is 14.5. The number of nitrogens with one attached hydrogen (secondary N) is 1. The number of nitrogens with zero attached hydrogens (tertiary/aromatic N) is 1. The van der Waals surface area contributed by atoms with Gasteiger partial charge in [-0.15, -0.1) is 22.7 Å². The zero-order valence-corrected chi connectivity index (χ0v) is 13.0. The van der Waals surface area contributed by atoms with Crippen LogP contribution < -0.4 is 15.5 Å². The summed E-state index contributed by atoms with van der Waals surface area (Å²) in [5, 5.41) is 6.85. The number of carbonyl (C=O) groups is 1. The summed E-state index contributed by atoms with van der Waals surface area (Å²) in [6, 6.07) is 4.97. The SMILES string of the molecule is COc1coc(C(=O)Nc2nc(-c3cccs3)cs2)cc1=O. The number of hydrogen-bond donors (Lipinski definition) is 1. The molecule has 0 saturated heterocycles. The summed E-state index contributed by atoms with van der Waals surface area (Å²) in [6.45, 7) is 0. The van der Waals surface area contributed by atoms with Crippen molar-refractivity contribution in [2.45, 2.75) is 0 Å². The summed E-state index contributed by atoms with van der Waals surface area (Å²) in [5.41, 5.74) is 0.379. The van der Waals surface area contributed by atoms with E-state index in [2.05, 4.69) is 10.3 Å². The van der Waals surface area contributed by atoms with E-state index < -0.39 is 11.3 Å². The van der Waals surface area contributed by atoms with E-state index in [1.165, 1.54) is 18.4 Å². The van der Waals surface area contributed by atoms with Crippen molar-refractivity contribution in [2.75, 3.05) is 12.4 Å². The van der Waals surface area contributed by atoms with Crippen LogP contribution in [0.25, 0.3) is 10.6 Å². The van der Waals surface area contributed by atoms with Crippen LogP contribution in [0.2, 0.25) is 0 Å². The highest BCUT2D eigenvalue weighted by molar-refractivity contribution is 7.16. The number of carbonyl (C=O) groups excluding carboxylic acids is 1. The van der Waals surface area contributed by atoms with Crippen molar-refractivity contribution < 1.29 is 13.9 Å². The van der Waals surface area contributed by atoms with E-state index in [1.807, 2.05) is 22.9 Å². The quantitative estimate of drug-likeness (QED) is 0.793. The lowest BCUT2D eigenvalue weighted by Gasteiger charge is -2.01. The predicted molar refractivity (Wildman–Crippen MR) is 84.9 cm³/mol. The third kappa shape index (κ3) is 2.92. The average Bonchev–Trinajstić information content (AvgIpc) is 3.17. The number of amides is 1. The molecule has 3 aromatic rings. The van der Waals surface area contributed by atoms with Gasteiger partial charge in [0.25, 0.3) is 5.91 Å². The molecule has 0 fully saturated rings. The molecule has 0 saturated carbocycles. The molecule has 6 nitrogen and oxygen atoms in total. The lowest BCUT2D eigenvalue weighted by molar-refractivity contribution is 0.0993. The van der Waals surface area contributed by atoms with Gasteiger partial charge in [0, 0.05) is 11.4 Å². The first-order valence-electron chi connectivity index (χ1n) is 6.15. The Bertz CT molecular complexity index is 852. The number of thiazole rings is 1. The van der Waals surface area contributed by atoms with Crippen LogP contribution in [0.4, 0.5) is 5.13 Å². The van der Waals surface area contributed by atoms with E-state index in [-0.39, 0.29) is 11.5 Å². The fourth-order valence-corrected chi connectivity index (χ4v) is 3.16. The number of methoxy groups -OCH3 is 1. The van der Waals surface area contributed by atoms with E-state index in [0.717, 1.165) is 22.9 Å². The van der Waals surface area contributed by atoms with Gasteiger partial charge >= 0.3 is 0 Å². The minimum atomic E-state index is -0.535. The maximum Gasteiger partial charge on any atom is 0.293 e. The summed E-state index contributed by atoms with van der Waals surface area (Å²) in [5.74, 6) is -0.587. The van der Waals surface area contributed by atoms with E-state index in [0.29, 0.717) is 5.13 Å². The predicted octanol–water partition coefficient (Wildman–Crippen LogP) is 3.09. The van der Waals surface area contributed by atoms with Gasteiger partial charge < -0.3 is 9.15 Å². The topological polar surface area (TPSA) is 81.4 Å². The van der Waals surface area contributed by atoms with Gasteiger partial charge in [-0.2, -0.15) is 0 Å². The molecule has 0 bridgehead atoms. The summed E-state index contributed by atoms with van der Waals surface area (Å²) >= 11 is 2.87. The molecule has 0 aliphatic heterocycles. The molecule has 1 N–H and O–H groups in total. The third-order valence-electron chi connectivity index (χ3n) is 2.74. The summed E-state index contributed by atoms with van der Waals surface area (Å²) in [7, 11) is 1.35. The lowest BCUT2D eigenvalue weighted by atomic mass is 10.3. The number of ether oxygens (including phenoxy) is 1. The molecule has 3 aromatic heterocycles. The van der Waals surface area contributed by atoms with Gasteiger partial charge in [-0.1, -0.05) is 6.07 Å². The van der Waals surface area contributed by atoms with Gasteiger partial charge in [0.15, 0.2) is 10.9 Å². The lowest BCUT2D eigenvalue weighted by Crippen LogP contribution is -2.15. The van der Waals surface area contributed by atoms with Crippen LogP contribution in [0.3, 0.4) is 0 Å². The molecule has 112 valence electrons. The number of anilines is 1. The Kier molecular flexibility index (Phi) is 4.03. The zero-order chi connectivity index (χ0) is 15.5. The standard InChI is InChI=1S/C14H10N2O4S2/c1-19-11-6-20-10(5-9(11)17)13(18)16-14-15-8(7-22-14)12-3-2-4-21-12/h2-7H,1H3,(H,15,16,18). The maximum absolute atomic E-state index is 12.0. The van der Waals surface area contributed by atoms with E-state index in [1.54, 1.807) is 11.3 Å². The minimum absolute atomic E-state index is 0.0470. The van der Waals surface area contributed by atoms with Crippen molar-refractivity contribution in [1.29, 1.82) is 0 Å². The molecule has 0 unspecified atom stereocenters. The van der Waals surface area contributed by atoms with E-state index >= 15 is 0 Å². The van der Waals surface area contributed by atoms with Crippen molar-refractivity contribution in [3.8, 4) is 16.3 Å². The molecular weight excluding hydrogens is 324 g/mol. The number of rotatable bonds is 4. The normalized spacial score (nSPS) is 10.4. The first-order chi connectivity index (χ1) is 10.7. The molecule has 3 rings (SSSR count). The van der Waals surface area contributed by atoms with Crippen LogP contribution in [0.5, 0.6) is 5.75 Å². The van der Waals surface area contributed by atoms with E-state index in [4.69, 9.17) is 9.15 Å². The Morgan fingerprint density at radius 2 is 2.27 bits per heavy atom. The van der Waals surface area contributed by atoms with Gasteiger partial charge in [-0.3, -0.25) is 14.9 Å². The van der Waals surface area contributed by atoms with Gasteiger partial charge in [-0.25, -0.2) is 4.98 Å². The van der Waals surface area contributed by atoms with Crippen LogP contribution in [-0.4, -0.2) is 18.0 Å². The molecule has 0 aliphatic rings. The van der Waals surface area contributed by atoms with Crippen molar-refractivity contribution in [3.63, 3.8) is 0 Å². The Hall–Kier alpha value is -2.45. The van der Waals surface area contributed by atoms with E-state index in [9.17, 15) is 9.59 Å². The highest BCUT2D eigenvalue weighted by Gasteiger charge is 2.14. The van der Waals surface area contributed by atoms with Crippen molar-refractivity contribution in [2.24, 2.45) is 0 Å². The molecule has 0 aromatic carbocycles. The largest absolute Gasteiger partial charge is 0.490 e. The molecule has 0 atom stereocenters. The highest BCUT2D eigenvalue weighted by Crippen LogP contribution is 2.28. The highest BCUT2D eigenvalue weighted by atomic mass is 32.1. The number of hydrogen-bond acceptors (Lipinski definition) is 7. The monoisotopic (exact) mass is 334 g/mol. The first-order valence-corrected chi connectivity index (χ1v) is 7.91. The second-order valence-corrected chi connectivity index (χ2v) is 5.95. The van der Waals surface area contributed by atoms with Gasteiger partial charge in [0.2, 0.25) is 11.2 Å². The summed E-state index contributed by atoms with van der Waals surface area (Å²) in [6.07, 6.45) is 1.11. The molecular formula is C14H10N2O4S2. The molecule has 3 heterocycles. The number of thiophene rings is 1. The fraction of sp³-hybridized carbons (Fsp3) is 0.0714. The van der Waals surface area contributed by atoms with Crippen LogP contribution in [0, 0.1) is 0 Å². The van der Waals surface area contributed by atoms with Gasteiger partial charge in [-0.05, 0) is 11.4 Å².